The van der Waals surface area contributed by atoms with Crippen molar-refractivity contribution in [2.24, 2.45) is 0 Å². The molecule has 1 aromatic heterocycles. The molecule has 0 aliphatic carbocycles. The summed E-state index contributed by atoms with van der Waals surface area (Å²) in [6.07, 6.45) is 2.29. The molecule has 1 unspecified atom stereocenters. The third-order valence-corrected chi connectivity index (χ3v) is 5.31. The van der Waals surface area contributed by atoms with Gasteiger partial charge in [0.15, 0.2) is 11.5 Å². The molecule has 1 saturated heterocycles. The van der Waals surface area contributed by atoms with E-state index in [1.165, 1.54) is 0 Å². The smallest absolute Gasteiger partial charge is 0.271 e. The van der Waals surface area contributed by atoms with Crippen molar-refractivity contribution in [2.45, 2.75) is 25.3 Å². The number of ether oxygens (including phenoxy) is 2. The van der Waals surface area contributed by atoms with Crippen LogP contribution in [0.25, 0.3) is 0 Å². The topological polar surface area (TPSA) is 72.5 Å². The van der Waals surface area contributed by atoms with Crippen molar-refractivity contribution in [3.05, 3.63) is 39.8 Å². The van der Waals surface area contributed by atoms with Gasteiger partial charge in [-0.15, -0.1) is 11.3 Å². The van der Waals surface area contributed by atoms with E-state index in [-0.39, 0.29) is 5.91 Å². The van der Waals surface area contributed by atoms with Gasteiger partial charge in [0.2, 0.25) is 0 Å². The van der Waals surface area contributed by atoms with Crippen LogP contribution in [0, 0.1) is 0 Å². The molecule has 2 N–H and O–H groups in total. The number of hydrogen-bond acceptors (Lipinski definition) is 6. The second-order valence-corrected chi connectivity index (χ2v) is 6.88. The summed E-state index contributed by atoms with van der Waals surface area (Å²) in [5.41, 5.74) is 1.43. The molecule has 6 nitrogen and oxygen atoms in total. The van der Waals surface area contributed by atoms with E-state index in [4.69, 9.17) is 9.47 Å². The largest absolute Gasteiger partial charge is 0.493 e. The minimum absolute atomic E-state index is 0.152. The fraction of sp³-hybridized carbons (Fsp3) is 0.444. The number of aromatic nitrogens is 1. The summed E-state index contributed by atoms with van der Waals surface area (Å²) in [5, 5.41) is 9.18. The Kier molecular flexibility index (Phi) is 5.88. The van der Waals surface area contributed by atoms with Crippen molar-refractivity contribution in [3.8, 4) is 11.5 Å². The SMILES string of the molecule is COc1ccc(CNC(=O)c2csc(C3CCCNC3)n2)cc1OC. The first kappa shape index (κ1) is 17.7. The summed E-state index contributed by atoms with van der Waals surface area (Å²) < 4.78 is 10.5. The van der Waals surface area contributed by atoms with E-state index in [1.54, 1.807) is 25.6 Å². The van der Waals surface area contributed by atoms with Crippen molar-refractivity contribution >= 4 is 17.2 Å². The normalized spacial score (nSPS) is 17.1. The number of hydrogen-bond donors (Lipinski definition) is 2. The Labute approximate surface area is 151 Å². The van der Waals surface area contributed by atoms with Gasteiger partial charge in [0.25, 0.3) is 5.91 Å². The zero-order valence-corrected chi connectivity index (χ0v) is 15.3. The predicted molar refractivity (Wildman–Crippen MR) is 97.7 cm³/mol. The van der Waals surface area contributed by atoms with E-state index < -0.39 is 0 Å². The number of benzene rings is 1. The molecule has 0 radical (unpaired) electrons. The molecule has 2 aromatic rings. The molecule has 0 bridgehead atoms. The molecule has 1 aliphatic heterocycles. The average Bonchev–Trinajstić information content (AvgIpc) is 3.17. The second-order valence-electron chi connectivity index (χ2n) is 5.99. The average molecular weight is 361 g/mol. The molecular formula is C18H23N3O3S. The predicted octanol–water partition coefficient (Wildman–Crippen LogP) is 2.56. The molecule has 1 aromatic carbocycles. The number of amides is 1. The summed E-state index contributed by atoms with van der Waals surface area (Å²) in [4.78, 5) is 16.9. The fourth-order valence-electron chi connectivity index (χ4n) is 2.91. The van der Waals surface area contributed by atoms with Crippen molar-refractivity contribution < 1.29 is 14.3 Å². The maximum absolute atomic E-state index is 12.4. The number of rotatable bonds is 6. The first-order valence-corrected chi connectivity index (χ1v) is 9.24. The van der Waals surface area contributed by atoms with Crippen LogP contribution in [0.4, 0.5) is 0 Å². The molecule has 0 saturated carbocycles. The van der Waals surface area contributed by atoms with Crippen LogP contribution in [0.15, 0.2) is 23.6 Å². The zero-order valence-electron chi connectivity index (χ0n) is 14.5. The number of nitrogens with zero attached hydrogens (tertiary/aromatic N) is 1. The van der Waals surface area contributed by atoms with E-state index in [2.05, 4.69) is 15.6 Å². The van der Waals surface area contributed by atoms with Gasteiger partial charge in [-0.3, -0.25) is 4.79 Å². The highest BCUT2D eigenvalue weighted by Gasteiger charge is 2.20. The van der Waals surface area contributed by atoms with Crippen LogP contribution in [0.2, 0.25) is 0 Å². The quantitative estimate of drug-likeness (QED) is 0.827. The summed E-state index contributed by atoms with van der Waals surface area (Å²) >= 11 is 1.57. The van der Waals surface area contributed by atoms with E-state index in [0.717, 1.165) is 36.5 Å². The van der Waals surface area contributed by atoms with Crippen molar-refractivity contribution in [1.29, 1.82) is 0 Å². The van der Waals surface area contributed by atoms with Gasteiger partial charge in [-0.05, 0) is 37.1 Å². The molecule has 0 spiro atoms. The second kappa shape index (κ2) is 8.31. The maximum Gasteiger partial charge on any atom is 0.271 e. The van der Waals surface area contributed by atoms with Crippen molar-refractivity contribution in [3.63, 3.8) is 0 Å². The third-order valence-electron chi connectivity index (χ3n) is 4.30. The minimum atomic E-state index is -0.152. The molecule has 25 heavy (non-hydrogen) atoms. The van der Waals surface area contributed by atoms with Crippen LogP contribution in [-0.2, 0) is 6.54 Å². The first-order valence-electron chi connectivity index (χ1n) is 8.36. The highest BCUT2D eigenvalue weighted by atomic mass is 32.1. The van der Waals surface area contributed by atoms with Crippen molar-refractivity contribution in [1.82, 2.24) is 15.6 Å². The summed E-state index contributed by atoms with van der Waals surface area (Å²) in [7, 11) is 3.19. The number of nitrogens with one attached hydrogen (secondary N) is 2. The Hall–Kier alpha value is -2.12. The number of thiazole rings is 1. The van der Waals surface area contributed by atoms with Gasteiger partial charge in [0.05, 0.1) is 19.2 Å². The molecule has 3 rings (SSSR count). The van der Waals surface area contributed by atoms with Gasteiger partial charge in [0.1, 0.15) is 5.69 Å². The Morgan fingerprint density at radius 1 is 1.36 bits per heavy atom. The Bertz CT molecular complexity index is 726. The number of carbonyl (C=O) groups excluding carboxylic acids is 1. The molecule has 1 aliphatic rings. The van der Waals surface area contributed by atoms with E-state index in [0.29, 0.717) is 29.7 Å². The standard InChI is InChI=1S/C18H23N3O3S/c1-23-15-6-5-12(8-16(15)24-2)9-20-17(22)14-11-25-18(21-14)13-4-3-7-19-10-13/h5-6,8,11,13,19H,3-4,7,9-10H2,1-2H3,(H,20,22). The minimum Gasteiger partial charge on any atom is -0.493 e. The van der Waals surface area contributed by atoms with Crippen LogP contribution in [-0.4, -0.2) is 38.2 Å². The summed E-state index contributed by atoms with van der Waals surface area (Å²) in [6, 6.07) is 5.60. The van der Waals surface area contributed by atoms with Crippen LogP contribution in [0.1, 0.15) is 39.8 Å². The highest BCUT2D eigenvalue weighted by molar-refractivity contribution is 7.09. The summed E-state index contributed by atoms with van der Waals surface area (Å²) in [5.74, 6) is 1.59. The zero-order chi connectivity index (χ0) is 17.6. The molecule has 7 heteroatoms. The fourth-order valence-corrected chi connectivity index (χ4v) is 3.84. The lowest BCUT2D eigenvalue weighted by Gasteiger charge is -2.20. The Balaban J connectivity index is 1.60. The monoisotopic (exact) mass is 361 g/mol. The van der Waals surface area contributed by atoms with Crippen LogP contribution in [0.3, 0.4) is 0 Å². The molecular weight excluding hydrogens is 338 g/mol. The lowest BCUT2D eigenvalue weighted by Crippen LogP contribution is -2.28. The maximum atomic E-state index is 12.4. The molecule has 1 atom stereocenters. The number of carbonyl (C=O) groups is 1. The number of piperidine rings is 1. The highest BCUT2D eigenvalue weighted by Crippen LogP contribution is 2.28. The Morgan fingerprint density at radius 3 is 2.92 bits per heavy atom. The van der Waals surface area contributed by atoms with Crippen LogP contribution >= 0.6 is 11.3 Å². The van der Waals surface area contributed by atoms with E-state index in [9.17, 15) is 4.79 Å². The molecule has 1 amide bonds. The van der Waals surface area contributed by atoms with E-state index in [1.807, 2.05) is 23.6 Å². The molecule has 2 heterocycles. The molecule has 134 valence electrons. The van der Waals surface area contributed by atoms with Gasteiger partial charge in [-0.1, -0.05) is 6.07 Å². The molecule has 1 fully saturated rings. The van der Waals surface area contributed by atoms with Crippen LogP contribution in [0.5, 0.6) is 11.5 Å². The summed E-state index contributed by atoms with van der Waals surface area (Å²) in [6.45, 7) is 2.43. The first-order chi connectivity index (χ1) is 12.2. The number of methoxy groups -OCH3 is 2. The van der Waals surface area contributed by atoms with E-state index >= 15 is 0 Å². The lowest BCUT2D eigenvalue weighted by molar-refractivity contribution is 0.0946. The van der Waals surface area contributed by atoms with Gasteiger partial charge in [-0.2, -0.15) is 0 Å². The van der Waals surface area contributed by atoms with Gasteiger partial charge >= 0.3 is 0 Å². The third kappa shape index (κ3) is 4.29. The van der Waals surface area contributed by atoms with Gasteiger partial charge < -0.3 is 20.1 Å². The lowest BCUT2D eigenvalue weighted by atomic mass is 10.0. The Morgan fingerprint density at radius 2 is 2.20 bits per heavy atom. The van der Waals surface area contributed by atoms with Gasteiger partial charge in [-0.25, -0.2) is 4.98 Å². The van der Waals surface area contributed by atoms with Crippen LogP contribution < -0.4 is 20.1 Å². The van der Waals surface area contributed by atoms with Gasteiger partial charge in [0, 0.05) is 24.4 Å². The van der Waals surface area contributed by atoms with Crippen molar-refractivity contribution in [2.75, 3.05) is 27.3 Å².